The predicted octanol–water partition coefficient (Wildman–Crippen LogP) is 15.3. The highest BCUT2D eigenvalue weighted by Gasteiger charge is 2.47. The van der Waals surface area contributed by atoms with E-state index in [4.69, 9.17) is 116 Å². The molecule has 7 N–H and O–H groups in total. The summed E-state index contributed by atoms with van der Waals surface area (Å²) in [6, 6.07) is 41.5. The number of aliphatic hydroxyl groups is 1. The summed E-state index contributed by atoms with van der Waals surface area (Å²) in [6.45, 7) is 19.0. The zero-order valence-electron chi connectivity index (χ0n) is 66.3. The molecule has 9 aromatic rings. The molecule has 5 heterocycles. The van der Waals surface area contributed by atoms with E-state index in [1.165, 1.54) is 17.3 Å². The molecule has 2 aliphatic rings. The number of nitrogens with one attached hydrogen (secondary N) is 2. The van der Waals surface area contributed by atoms with Crippen molar-refractivity contribution in [2.45, 2.75) is 110 Å². The smallest absolute Gasteiger partial charge is 0.413 e. The number of rotatable bonds is 26. The summed E-state index contributed by atoms with van der Waals surface area (Å²) in [7, 11) is 9.58. The van der Waals surface area contributed by atoms with Gasteiger partial charge in [-0.1, -0.05) is 0 Å². The van der Waals surface area contributed by atoms with E-state index >= 15 is 0 Å². The minimum absolute atomic E-state index is 0.0972. The van der Waals surface area contributed by atoms with Crippen molar-refractivity contribution in [1.29, 1.82) is 0 Å². The first-order valence-electron chi connectivity index (χ1n) is 35.4. The summed E-state index contributed by atoms with van der Waals surface area (Å²) < 4.78 is 88.1. The number of alkyl halides is 2. The number of methoxy groups -OCH3 is 6. The van der Waals surface area contributed by atoms with E-state index in [9.17, 15) is 14.4 Å². The summed E-state index contributed by atoms with van der Waals surface area (Å²) in [6.07, 6.45) is 4.28. The van der Waals surface area contributed by atoms with Gasteiger partial charge in [-0.3, -0.25) is 9.80 Å². The van der Waals surface area contributed by atoms with Gasteiger partial charge in [0, 0.05) is 19.1 Å². The van der Waals surface area contributed by atoms with Gasteiger partial charge in [-0.15, -0.1) is 23.2 Å². The Morgan fingerprint density at radius 3 is 1.11 bits per heavy atom. The first-order valence-corrected chi connectivity index (χ1v) is 36.4. The number of hydrogen-bond acceptors (Lipinski definition) is 30. The minimum Gasteiger partial charge on any atom is -0.497 e. The molecule has 2 fully saturated rings. The maximum atomic E-state index is 13.0. The number of ether oxygens (including phenoxy) is 16. The molecule has 3 aromatic heterocycles. The Labute approximate surface area is 672 Å². The lowest BCUT2D eigenvalue weighted by molar-refractivity contribution is -0.113. The van der Waals surface area contributed by atoms with Crippen LogP contribution in [-0.4, -0.2) is 185 Å². The average Bonchev–Trinajstić information content (AvgIpc) is 1.64. The Balaban J connectivity index is 0.000000217. The number of aromatic nitrogens is 6. The fourth-order valence-corrected chi connectivity index (χ4v) is 10.0. The number of anilines is 3. The summed E-state index contributed by atoms with van der Waals surface area (Å²) in [5.74, 6) is 8.31. The number of nitrogens with zero attached hydrogens (tertiary/aromatic N) is 8. The topological polar surface area (TPSA) is 379 Å². The number of carbonyl (C=O) groups is 3. The van der Waals surface area contributed by atoms with Crippen LogP contribution >= 0.6 is 23.2 Å². The Kier molecular flexibility index (Phi) is 33.5. The van der Waals surface area contributed by atoms with E-state index in [1.807, 2.05) is 34.6 Å². The third-order valence-electron chi connectivity index (χ3n) is 15.6. The molecule has 0 radical (unpaired) electrons. The van der Waals surface area contributed by atoms with Gasteiger partial charge in [0.25, 0.3) is 0 Å². The van der Waals surface area contributed by atoms with Crippen LogP contribution in [0.2, 0.25) is 0 Å². The van der Waals surface area contributed by atoms with Crippen LogP contribution in [0.25, 0.3) is 0 Å². The van der Waals surface area contributed by atoms with Crippen LogP contribution in [0.3, 0.4) is 0 Å². The van der Waals surface area contributed by atoms with Gasteiger partial charge in [0.2, 0.25) is 17.6 Å². The van der Waals surface area contributed by atoms with Crippen molar-refractivity contribution in [2.24, 2.45) is 5.73 Å². The molecule has 11 rings (SSSR count). The van der Waals surface area contributed by atoms with Crippen molar-refractivity contribution in [3.8, 4) is 105 Å². The largest absolute Gasteiger partial charge is 0.497 e. The van der Waals surface area contributed by atoms with Crippen molar-refractivity contribution >= 4 is 58.7 Å². The van der Waals surface area contributed by atoms with Gasteiger partial charge in [-0.25, -0.2) is 24.5 Å². The Bertz CT molecular complexity index is 4460. The summed E-state index contributed by atoms with van der Waals surface area (Å²) in [5.41, 5.74) is 10.1. The van der Waals surface area contributed by atoms with E-state index in [2.05, 4.69) is 40.5 Å². The van der Waals surface area contributed by atoms with Crippen molar-refractivity contribution < 1.29 is 95.3 Å². The van der Waals surface area contributed by atoms with E-state index < -0.39 is 46.9 Å². The number of nitrogen functional groups attached to an aromatic ring is 1. The number of nitrogens with two attached hydrogens (primary N) is 2. The van der Waals surface area contributed by atoms with Gasteiger partial charge in [0.15, 0.2) is 0 Å². The molecule has 0 spiro atoms. The van der Waals surface area contributed by atoms with Gasteiger partial charge in [0.1, 0.15) is 121 Å². The molecule has 0 aliphatic carbocycles. The monoisotopic (exact) mass is 1620 g/mol. The Hall–Kier alpha value is -11.8. The third kappa shape index (κ3) is 28.1. The fraction of sp³-hybridized carbons (Fsp3) is 0.362. The molecular weight excluding hydrogens is 1520 g/mol. The third-order valence-corrected chi connectivity index (χ3v) is 15.6. The molecular formula is C80H98Cl2N12O20. The lowest BCUT2D eigenvalue weighted by Gasteiger charge is -2.35. The van der Waals surface area contributed by atoms with E-state index in [1.54, 1.807) is 234 Å². The second kappa shape index (κ2) is 42.7. The zero-order chi connectivity index (χ0) is 83.2. The number of amides is 2. The molecule has 0 bridgehead atoms. The van der Waals surface area contributed by atoms with Crippen LogP contribution < -0.4 is 78.9 Å². The highest BCUT2D eigenvalue weighted by Crippen LogP contribution is 2.37. The second-order valence-corrected chi connectivity index (χ2v) is 28.0. The van der Waals surface area contributed by atoms with Crippen LogP contribution in [0, 0.1) is 0 Å². The van der Waals surface area contributed by atoms with Crippen LogP contribution in [-0.2, 0) is 23.7 Å². The highest BCUT2D eigenvalue weighted by molar-refractivity contribution is 6.40. The molecule has 0 saturated carbocycles. The van der Waals surface area contributed by atoms with E-state index in [-0.39, 0.29) is 60.3 Å². The molecule has 34 heteroatoms. The summed E-state index contributed by atoms with van der Waals surface area (Å²) in [5, 5.41) is 15.7. The lowest BCUT2D eigenvalue weighted by atomic mass is 10.2. The van der Waals surface area contributed by atoms with Crippen LogP contribution in [0.15, 0.2) is 164 Å². The summed E-state index contributed by atoms with van der Waals surface area (Å²) >= 11 is 9.53. The molecule has 2 aliphatic heterocycles. The molecule has 612 valence electrons. The number of halogens is 2. The highest BCUT2D eigenvalue weighted by atomic mass is 35.5. The van der Waals surface area contributed by atoms with Crippen molar-refractivity contribution in [1.82, 2.24) is 39.7 Å². The minimum atomic E-state index is -0.830. The molecule has 114 heavy (non-hydrogen) atoms. The number of aliphatic hydroxyl groups excluding tert-OH is 1. The Morgan fingerprint density at radius 2 is 0.781 bits per heavy atom. The van der Waals surface area contributed by atoms with Gasteiger partial charge in [-0.2, -0.15) is 15.0 Å². The van der Waals surface area contributed by atoms with Gasteiger partial charge >= 0.3 is 30.2 Å². The van der Waals surface area contributed by atoms with Crippen molar-refractivity contribution in [3.63, 3.8) is 0 Å². The van der Waals surface area contributed by atoms with Gasteiger partial charge in [-0.05, 0) is 215 Å². The van der Waals surface area contributed by atoms with Crippen molar-refractivity contribution in [2.75, 3.05) is 97.3 Å². The first-order chi connectivity index (χ1) is 54.3. The molecule has 2 saturated heterocycles. The van der Waals surface area contributed by atoms with Crippen LogP contribution in [0.5, 0.6) is 105 Å². The number of carbonyl (C=O) groups excluding carboxylic acids is 3. The van der Waals surface area contributed by atoms with E-state index in [0.29, 0.717) is 101 Å². The maximum absolute atomic E-state index is 13.0. The zero-order valence-corrected chi connectivity index (χ0v) is 67.8. The SMILES string of the molecule is CC(C)(C)OC(=O)N1[C@@H](C=O)COC1(C)C.COc1ccc(Oc2ncc(N)c(Oc3ccc(OC)cc3)n2)cc1.COc1ccc(Oc2ncc(NC[C@H](N)CO)c(Oc3ccc(OC)cc3)n2)cc1.COc1ccc(Oc2ncc(NC[C@H]3COC(C)(C)N3C(=O)OC(C)(C)C)c(Oc3ccc(OC)cc3)n2)cc1.ClCCl. The second-order valence-electron chi connectivity index (χ2n) is 27.2. The molecule has 3 atom stereocenters. The van der Waals surface area contributed by atoms with Gasteiger partial charge < -0.3 is 108 Å². The number of benzene rings is 6. The fourth-order valence-electron chi connectivity index (χ4n) is 10.0. The first kappa shape index (κ1) is 89.4. The van der Waals surface area contributed by atoms with Crippen LogP contribution in [0.4, 0.5) is 26.7 Å². The standard InChI is InChI=1S/C29H36N4O7.C21H24N4O5.C18H17N3O4.C11H19NO4.CH2Cl2/c1-28(2,3)40-27(34)33-19(18-37-29(33,4)5)16-30-24-17-31-26(39-23-14-10-21(36-7)11-15-23)32-25(24)38-22-12-8-20(35-6)9-13-22;1-27-15-3-7-17(8-4-15)29-20-19(23-11-14(22)13-26)12-24-21(25-20)30-18-9-5-16(28-2)6-10-18;1-22-12-3-7-14(8-4-12)24-17-16(19)11-20-18(21-17)25-15-9-5-13(23-2)6-10-15;1-10(2,3)16-9(14)12-8(6-13)7-15-11(12,4)5;2-1-3/h8-15,17,19,30H,16,18H2,1-7H3;3-10,12,14,23,26H,11,13,22H2,1-2H3;3-11H,19H2,1-2H3;6,8H,7H2,1-5H3;1H2/t19-;14-;;8-;/m00.0./s1. The number of hydrogen-bond donors (Lipinski definition) is 5. The van der Waals surface area contributed by atoms with Gasteiger partial charge in [0.05, 0.1) is 92.5 Å². The van der Waals surface area contributed by atoms with Crippen LogP contribution in [0.1, 0.15) is 69.2 Å². The molecule has 6 aromatic carbocycles. The Morgan fingerprint density at radius 1 is 0.491 bits per heavy atom. The maximum Gasteiger partial charge on any atom is 0.413 e. The average molecular weight is 1620 g/mol. The number of aldehydes is 1. The van der Waals surface area contributed by atoms with E-state index in [0.717, 1.165) is 11.5 Å². The summed E-state index contributed by atoms with van der Waals surface area (Å²) in [4.78, 5) is 64.4. The molecule has 2 amide bonds. The molecule has 0 unspecified atom stereocenters. The van der Waals surface area contributed by atoms with Crippen molar-refractivity contribution in [3.05, 3.63) is 164 Å². The quantitative estimate of drug-likeness (QED) is 0.0248. The normalized spacial score (nSPS) is 14.5. The predicted molar refractivity (Wildman–Crippen MR) is 427 cm³/mol. The molecule has 32 nitrogen and oxygen atoms in total. The lowest BCUT2D eigenvalue weighted by Crippen LogP contribution is -2.51.